The van der Waals surface area contributed by atoms with Gasteiger partial charge in [0, 0.05) is 31.2 Å². The van der Waals surface area contributed by atoms with Gasteiger partial charge in [-0.05, 0) is 35.4 Å². The van der Waals surface area contributed by atoms with Crippen LogP contribution in [0, 0.1) is 0 Å². The van der Waals surface area contributed by atoms with E-state index in [0.29, 0.717) is 16.8 Å². The van der Waals surface area contributed by atoms with E-state index in [1.807, 2.05) is 0 Å². The van der Waals surface area contributed by atoms with Crippen molar-refractivity contribution in [3.05, 3.63) is 77.9 Å². The van der Waals surface area contributed by atoms with Gasteiger partial charge < -0.3 is 47.1 Å². The van der Waals surface area contributed by atoms with Gasteiger partial charge in [0.1, 0.15) is 29.6 Å². The Morgan fingerprint density at radius 3 is 1.60 bits per heavy atom. The Bertz CT molecular complexity index is 1410. The van der Waals surface area contributed by atoms with Gasteiger partial charge in [-0.15, -0.1) is 0 Å². The summed E-state index contributed by atoms with van der Waals surface area (Å²) in [6, 6.07) is 6.01. The number of benzene rings is 2. The van der Waals surface area contributed by atoms with Crippen LogP contribution in [0.1, 0.15) is 23.2 Å². The van der Waals surface area contributed by atoms with Crippen LogP contribution in [0.4, 0.5) is 0 Å². The first kappa shape index (κ1) is 32.1. The molecule has 228 valence electrons. The van der Waals surface area contributed by atoms with Crippen LogP contribution in [0.15, 0.2) is 61.1 Å². The maximum Gasteiger partial charge on any atom is 0.326 e. The molecule has 4 atom stereocenters. The third kappa shape index (κ3) is 10.2. The number of nitrogens with zero attached hydrogens (tertiary/aromatic N) is 1. The van der Waals surface area contributed by atoms with E-state index in [4.69, 9.17) is 10.8 Å². The summed E-state index contributed by atoms with van der Waals surface area (Å²) in [4.78, 5) is 69.1. The topological polar surface area (TPSA) is 257 Å². The van der Waals surface area contributed by atoms with Crippen molar-refractivity contribution in [1.29, 1.82) is 0 Å². The van der Waals surface area contributed by atoms with Crippen LogP contribution in [-0.4, -0.2) is 84.2 Å². The van der Waals surface area contributed by atoms with Gasteiger partial charge in [-0.1, -0.05) is 24.3 Å². The Hall–Kier alpha value is -5.44. The lowest BCUT2D eigenvalue weighted by atomic mass is 10.0. The summed E-state index contributed by atoms with van der Waals surface area (Å²) in [7, 11) is 0. The number of aromatic hydroxyl groups is 2. The van der Waals surface area contributed by atoms with Crippen molar-refractivity contribution in [2.45, 2.75) is 49.9 Å². The Labute approximate surface area is 245 Å². The molecule has 15 heteroatoms. The van der Waals surface area contributed by atoms with Gasteiger partial charge in [-0.2, -0.15) is 0 Å². The maximum atomic E-state index is 13.5. The van der Waals surface area contributed by atoms with Crippen molar-refractivity contribution in [3.8, 4) is 11.5 Å². The minimum Gasteiger partial charge on any atom is -0.508 e. The van der Waals surface area contributed by atoms with E-state index in [1.54, 1.807) is 0 Å². The second kappa shape index (κ2) is 15.0. The summed E-state index contributed by atoms with van der Waals surface area (Å²) < 4.78 is 0. The molecule has 0 bridgehead atoms. The molecule has 43 heavy (non-hydrogen) atoms. The number of rotatable bonds is 15. The van der Waals surface area contributed by atoms with Gasteiger partial charge in [0.05, 0.1) is 18.8 Å². The zero-order chi connectivity index (χ0) is 31.5. The zero-order valence-electron chi connectivity index (χ0n) is 22.8. The molecule has 3 rings (SSSR count). The number of H-pyrrole nitrogens is 1. The van der Waals surface area contributed by atoms with E-state index >= 15 is 0 Å². The van der Waals surface area contributed by atoms with E-state index in [-0.39, 0.29) is 30.8 Å². The van der Waals surface area contributed by atoms with Gasteiger partial charge in [-0.3, -0.25) is 19.2 Å². The number of phenols is 2. The van der Waals surface area contributed by atoms with Crippen molar-refractivity contribution in [2.24, 2.45) is 5.73 Å². The number of carbonyl (C=O) groups is 5. The fourth-order valence-electron chi connectivity index (χ4n) is 4.07. The number of carbonyl (C=O) groups excluding carboxylic acids is 3. The molecule has 1 heterocycles. The standard InChI is InChI=1S/C28H32N6O9/c29-20(12-24(37)38)25(39)32-21(9-15-1-5-18(35)6-2-15)26(40)33-22(10-16-3-7-19(36)8-4-16)27(41)34-23(28(42)43)11-17-13-30-14-31-17/h1-8,13-14,20-23,35-36H,9-12,29H2,(H,30,31)(H,32,39)(H,33,40)(H,34,41)(H,37,38)(H,42,43). The predicted molar refractivity (Wildman–Crippen MR) is 150 cm³/mol. The van der Waals surface area contributed by atoms with Crippen LogP contribution in [0.3, 0.4) is 0 Å². The van der Waals surface area contributed by atoms with Crippen LogP contribution in [0.5, 0.6) is 11.5 Å². The molecule has 0 aliphatic heterocycles. The number of nitrogens with two attached hydrogens (primary N) is 1. The molecular weight excluding hydrogens is 564 g/mol. The summed E-state index contributed by atoms with van der Waals surface area (Å²) in [6.07, 6.45) is 1.70. The van der Waals surface area contributed by atoms with Crippen LogP contribution in [0.25, 0.3) is 0 Å². The average molecular weight is 597 g/mol. The monoisotopic (exact) mass is 596 g/mol. The zero-order valence-corrected chi connectivity index (χ0v) is 22.8. The predicted octanol–water partition coefficient (Wildman–Crippen LogP) is -0.810. The highest BCUT2D eigenvalue weighted by molar-refractivity contribution is 5.95. The molecule has 1 aromatic heterocycles. The smallest absolute Gasteiger partial charge is 0.326 e. The number of carboxylic acid groups (broad SMARTS) is 2. The van der Waals surface area contributed by atoms with Crippen molar-refractivity contribution < 1.29 is 44.4 Å². The number of phenolic OH excluding ortho intramolecular Hbond substituents is 2. The first-order chi connectivity index (χ1) is 20.4. The lowest BCUT2D eigenvalue weighted by Gasteiger charge is -2.25. The number of hydrogen-bond acceptors (Lipinski definition) is 9. The third-order valence-electron chi connectivity index (χ3n) is 6.34. The van der Waals surface area contributed by atoms with E-state index in [9.17, 15) is 39.3 Å². The molecule has 4 unspecified atom stereocenters. The van der Waals surface area contributed by atoms with Gasteiger partial charge in [0.15, 0.2) is 0 Å². The second-order valence-corrected chi connectivity index (χ2v) is 9.75. The highest BCUT2D eigenvalue weighted by Gasteiger charge is 2.31. The first-order valence-electron chi connectivity index (χ1n) is 13.1. The second-order valence-electron chi connectivity index (χ2n) is 9.75. The Morgan fingerprint density at radius 2 is 1.19 bits per heavy atom. The molecule has 0 saturated heterocycles. The number of hydrogen-bond donors (Lipinski definition) is 9. The number of aromatic amines is 1. The largest absolute Gasteiger partial charge is 0.508 e. The normalized spacial score (nSPS) is 13.6. The van der Waals surface area contributed by atoms with E-state index in [1.165, 1.54) is 61.1 Å². The summed E-state index contributed by atoms with van der Waals surface area (Å²) in [5.74, 6) is -5.33. The number of nitrogens with one attached hydrogen (secondary N) is 4. The van der Waals surface area contributed by atoms with Crippen LogP contribution in [0.2, 0.25) is 0 Å². The fraction of sp³-hybridized carbons (Fsp3) is 0.286. The Kier molecular flexibility index (Phi) is 11.2. The van der Waals surface area contributed by atoms with Gasteiger partial charge in [0.25, 0.3) is 0 Å². The van der Waals surface area contributed by atoms with Crippen LogP contribution < -0.4 is 21.7 Å². The van der Waals surface area contributed by atoms with Gasteiger partial charge >= 0.3 is 11.9 Å². The van der Waals surface area contributed by atoms with Gasteiger partial charge in [-0.25, -0.2) is 9.78 Å². The average Bonchev–Trinajstić information content (AvgIpc) is 3.47. The lowest BCUT2D eigenvalue weighted by molar-refractivity contribution is -0.142. The third-order valence-corrected chi connectivity index (χ3v) is 6.34. The van der Waals surface area contributed by atoms with Gasteiger partial charge in [0.2, 0.25) is 17.7 Å². The molecule has 3 aromatic rings. The number of aromatic nitrogens is 2. The molecule has 0 aliphatic rings. The van der Waals surface area contributed by atoms with Crippen molar-refractivity contribution in [3.63, 3.8) is 0 Å². The summed E-state index contributed by atoms with van der Waals surface area (Å²) in [5.41, 5.74) is 7.15. The Morgan fingerprint density at radius 1 is 0.721 bits per heavy atom. The molecule has 0 fully saturated rings. The van der Waals surface area contributed by atoms with E-state index in [2.05, 4.69) is 25.9 Å². The maximum absolute atomic E-state index is 13.5. The molecule has 10 N–H and O–H groups in total. The highest BCUT2D eigenvalue weighted by atomic mass is 16.4. The SMILES string of the molecule is NC(CC(=O)O)C(=O)NC(Cc1ccc(O)cc1)C(=O)NC(Cc1ccc(O)cc1)C(=O)NC(Cc1cnc[nH]1)C(=O)O. The number of aliphatic carboxylic acids is 2. The Balaban J connectivity index is 1.86. The van der Waals surface area contributed by atoms with Crippen LogP contribution >= 0.6 is 0 Å². The number of imidazole rings is 1. The molecule has 3 amide bonds. The van der Waals surface area contributed by atoms with Crippen LogP contribution in [-0.2, 0) is 43.2 Å². The molecule has 0 spiro atoms. The minimum atomic E-state index is -1.47. The molecule has 2 aromatic carbocycles. The summed E-state index contributed by atoms with van der Waals surface area (Å²) in [6.45, 7) is 0. The molecule has 0 radical (unpaired) electrons. The molecule has 15 nitrogen and oxygen atoms in total. The first-order valence-corrected chi connectivity index (χ1v) is 13.1. The van der Waals surface area contributed by atoms with E-state index < -0.39 is 60.2 Å². The molecule has 0 aliphatic carbocycles. The quantitative estimate of drug-likeness (QED) is 0.105. The summed E-state index contributed by atoms with van der Waals surface area (Å²) in [5, 5.41) is 45.3. The van der Waals surface area contributed by atoms with Crippen molar-refractivity contribution in [1.82, 2.24) is 25.9 Å². The molecular formula is C28H32N6O9. The van der Waals surface area contributed by atoms with Crippen molar-refractivity contribution in [2.75, 3.05) is 0 Å². The van der Waals surface area contributed by atoms with E-state index in [0.717, 1.165) is 0 Å². The summed E-state index contributed by atoms with van der Waals surface area (Å²) >= 11 is 0. The lowest BCUT2D eigenvalue weighted by Crippen LogP contribution is -2.58. The number of carboxylic acids is 2. The molecule has 0 saturated carbocycles. The fourth-order valence-corrected chi connectivity index (χ4v) is 4.07. The number of amides is 3. The van der Waals surface area contributed by atoms with Crippen molar-refractivity contribution >= 4 is 29.7 Å². The minimum absolute atomic E-state index is 0.0336. The highest BCUT2D eigenvalue weighted by Crippen LogP contribution is 2.14.